The molecule has 0 aliphatic carbocycles. The number of nitrogens with one attached hydrogen (secondary N) is 1. The van der Waals surface area contributed by atoms with Crippen molar-refractivity contribution in [3.05, 3.63) is 41.8 Å². The van der Waals surface area contributed by atoms with E-state index in [-0.39, 0.29) is 0 Å². The van der Waals surface area contributed by atoms with Crippen LogP contribution in [0.1, 0.15) is 24.8 Å². The molecular weight excluding hydrogens is 284 g/mol. The maximum Gasteiger partial charge on any atom is 0.276 e. The fraction of sp³-hybridized carbons (Fsp3) is 0.400. The van der Waals surface area contributed by atoms with Crippen LogP contribution in [0.3, 0.4) is 0 Å². The first kappa shape index (κ1) is 15.5. The van der Waals surface area contributed by atoms with Crippen molar-refractivity contribution in [1.29, 1.82) is 5.26 Å². The van der Waals surface area contributed by atoms with Crippen LogP contribution in [0.5, 0.6) is 0 Å². The number of nitriles is 1. The number of nitrogens with zero attached hydrogens (tertiary/aromatic N) is 3. The third-order valence-electron chi connectivity index (χ3n) is 3.05. The molecule has 0 saturated heterocycles. The van der Waals surface area contributed by atoms with E-state index in [9.17, 15) is 5.26 Å². The molecule has 6 heteroatoms. The van der Waals surface area contributed by atoms with E-state index in [4.69, 9.17) is 4.42 Å². The monoisotopic (exact) mass is 302 g/mol. The van der Waals surface area contributed by atoms with Gasteiger partial charge in [-0.25, -0.2) is 0 Å². The molecule has 0 fully saturated rings. The average molecular weight is 302 g/mol. The lowest BCUT2D eigenvalue weighted by Gasteiger charge is -2.27. The third kappa shape index (κ3) is 3.84. The summed E-state index contributed by atoms with van der Waals surface area (Å²) in [6, 6.07) is 12.2. The van der Waals surface area contributed by atoms with Gasteiger partial charge in [-0.1, -0.05) is 49.0 Å². The van der Waals surface area contributed by atoms with E-state index in [0.29, 0.717) is 16.9 Å². The molecular formula is C15H18N4OS. The summed E-state index contributed by atoms with van der Waals surface area (Å²) in [5.41, 5.74) is 0.189. The predicted octanol–water partition coefficient (Wildman–Crippen LogP) is 2.89. The van der Waals surface area contributed by atoms with Crippen molar-refractivity contribution in [3.8, 4) is 6.07 Å². The molecule has 1 heterocycles. The van der Waals surface area contributed by atoms with Crippen molar-refractivity contribution >= 4 is 11.8 Å². The first-order valence-electron chi connectivity index (χ1n) is 6.85. The Kier molecular flexibility index (Phi) is 5.37. The molecule has 0 radical (unpaired) electrons. The molecule has 110 valence electrons. The molecule has 0 bridgehead atoms. The smallest absolute Gasteiger partial charge is 0.276 e. The molecule has 1 unspecified atom stereocenters. The zero-order valence-corrected chi connectivity index (χ0v) is 13.0. The summed E-state index contributed by atoms with van der Waals surface area (Å²) < 4.78 is 5.37. The van der Waals surface area contributed by atoms with Crippen molar-refractivity contribution < 1.29 is 4.42 Å². The van der Waals surface area contributed by atoms with Gasteiger partial charge in [0.1, 0.15) is 5.54 Å². The van der Waals surface area contributed by atoms with E-state index in [1.165, 1.54) is 11.8 Å². The van der Waals surface area contributed by atoms with Crippen LogP contribution < -0.4 is 5.32 Å². The molecule has 1 atom stereocenters. The lowest BCUT2D eigenvalue weighted by Crippen LogP contribution is -2.43. The highest BCUT2D eigenvalue weighted by atomic mass is 32.2. The Morgan fingerprint density at radius 1 is 1.33 bits per heavy atom. The SMILES string of the molecule is CCCNC(C#N)(CSc1nnc(C)o1)c1ccccc1. The Labute approximate surface area is 128 Å². The summed E-state index contributed by atoms with van der Waals surface area (Å²) in [5, 5.41) is 21.4. The normalized spacial score (nSPS) is 13.6. The lowest BCUT2D eigenvalue weighted by molar-refractivity contribution is 0.425. The first-order valence-corrected chi connectivity index (χ1v) is 7.83. The van der Waals surface area contributed by atoms with Gasteiger partial charge in [0.15, 0.2) is 0 Å². The van der Waals surface area contributed by atoms with Gasteiger partial charge >= 0.3 is 0 Å². The molecule has 2 rings (SSSR count). The fourth-order valence-electron chi connectivity index (χ4n) is 1.94. The van der Waals surface area contributed by atoms with E-state index in [1.54, 1.807) is 6.92 Å². The molecule has 0 aliphatic heterocycles. The van der Waals surface area contributed by atoms with Gasteiger partial charge in [0.05, 0.1) is 6.07 Å². The molecule has 0 aliphatic rings. The van der Waals surface area contributed by atoms with Gasteiger partial charge in [0, 0.05) is 12.7 Å². The molecule has 0 saturated carbocycles. The topological polar surface area (TPSA) is 74.7 Å². The predicted molar refractivity (Wildman–Crippen MR) is 81.8 cm³/mol. The maximum atomic E-state index is 9.75. The quantitative estimate of drug-likeness (QED) is 0.793. The second-order valence-corrected chi connectivity index (χ2v) is 5.61. The summed E-state index contributed by atoms with van der Waals surface area (Å²) >= 11 is 1.39. The third-order valence-corrected chi connectivity index (χ3v) is 4.04. The molecule has 0 amide bonds. The van der Waals surface area contributed by atoms with Crippen LogP contribution in [-0.2, 0) is 5.54 Å². The van der Waals surface area contributed by atoms with Crippen LogP contribution in [0.15, 0.2) is 40.0 Å². The van der Waals surface area contributed by atoms with Gasteiger partial charge < -0.3 is 4.42 Å². The van der Waals surface area contributed by atoms with Crippen LogP contribution >= 0.6 is 11.8 Å². The second-order valence-electron chi connectivity index (χ2n) is 4.69. The minimum atomic E-state index is -0.760. The van der Waals surface area contributed by atoms with Crippen molar-refractivity contribution in [2.45, 2.75) is 31.0 Å². The highest BCUT2D eigenvalue weighted by Crippen LogP contribution is 2.29. The van der Waals surface area contributed by atoms with Gasteiger partial charge in [0.2, 0.25) is 5.89 Å². The average Bonchev–Trinajstić information content (AvgIpc) is 2.95. The maximum absolute atomic E-state index is 9.75. The van der Waals surface area contributed by atoms with E-state index < -0.39 is 5.54 Å². The summed E-state index contributed by atoms with van der Waals surface area (Å²) in [4.78, 5) is 0. The summed E-state index contributed by atoms with van der Waals surface area (Å²) in [6.07, 6.45) is 0.959. The zero-order chi connectivity index (χ0) is 15.1. The molecule has 0 spiro atoms. The van der Waals surface area contributed by atoms with Gasteiger partial charge in [-0.15, -0.1) is 10.2 Å². The standard InChI is InChI=1S/C15H18N4OS/c1-3-9-17-15(10-16,13-7-5-4-6-8-13)11-21-14-19-18-12(2)20-14/h4-8,17H,3,9,11H2,1-2H3. The van der Waals surface area contributed by atoms with E-state index in [0.717, 1.165) is 18.5 Å². The summed E-state index contributed by atoms with van der Waals surface area (Å²) in [6.45, 7) is 4.60. The van der Waals surface area contributed by atoms with Crippen LogP contribution in [0.25, 0.3) is 0 Å². The molecule has 1 aromatic heterocycles. The van der Waals surface area contributed by atoms with E-state index >= 15 is 0 Å². The van der Waals surface area contributed by atoms with Crippen molar-refractivity contribution in [1.82, 2.24) is 15.5 Å². The highest BCUT2D eigenvalue weighted by molar-refractivity contribution is 7.99. The Morgan fingerprint density at radius 3 is 2.67 bits per heavy atom. The fourth-order valence-corrected chi connectivity index (χ4v) is 2.89. The lowest BCUT2D eigenvalue weighted by atomic mass is 9.93. The Hall–Kier alpha value is -1.84. The van der Waals surface area contributed by atoms with Crippen molar-refractivity contribution in [2.24, 2.45) is 0 Å². The van der Waals surface area contributed by atoms with E-state index in [2.05, 4.69) is 28.5 Å². The molecule has 5 nitrogen and oxygen atoms in total. The Morgan fingerprint density at radius 2 is 2.10 bits per heavy atom. The Balaban J connectivity index is 2.20. The molecule has 1 aromatic carbocycles. The van der Waals surface area contributed by atoms with Crippen LogP contribution in [0.4, 0.5) is 0 Å². The Bertz CT molecular complexity index is 608. The first-order chi connectivity index (χ1) is 10.2. The van der Waals surface area contributed by atoms with Crippen molar-refractivity contribution in [2.75, 3.05) is 12.3 Å². The number of thioether (sulfide) groups is 1. The minimum Gasteiger partial charge on any atom is -0.416 e. The summed E-state index contributed by atoms with van der Waals surface area (Å²) in [5.74, 6) is 1.04. The molecule has 21 heavy (non-hydrogen) atoms. The highest BCUT2D eigenvalue weighted by Gasteiger charge is 2.32. The number of benzene rings is 1. The minimum absolute atomic E-state index is 0.487. The molecule has 2 aromatic rings. The zero-order valence-electron chi connectivity index (χ0n) is 12.2. The van der Waals surface area contributed by atoms with Crippen molar-refractivity contribution in [3.63, 3.8) is 0 Å². The van der Waals surface area contributed by atoms with Crippen LogP contribution in [-0.4, -0.2) is 22.5 Å². The van der Waals surface area contributed by atoms with Gasteiger partial charge in [-0.2, -0.15) is 5.26 Å². The summed E-state index contributed by atoms with van der Waals surface area (Å²) in [7, 11) is 0. The van der Waals surface area contributed by atoms with Gasteiger partial charge in [-0.3, -0.25) is 5.32 Å². The number of hydrogen-bond acceptors (Lipinski definition) is 6. The van der Waals surface area contributed by atoms with Gasteiger partial charge in [0.25, 0.3) is 5.22 Å². The largest absolute Gasteiger partial charge is 0.416 e. The van der Waals surface area contributed by atoms with E-state index in [1.807, 2.05) is 30.3 Å². The molecule has 1 N–H and O–H groups in total. The number of aryl methyl sites for hydroxylation is 1. The number of aromatic nitrogens is 2. The number of rotatable bonds is 7. The van der Waals surface area contributed by atoms with Gasteiger partial charge in [-0.05, 0) is 18.5 Å². The van der Waals surface area contributed by atoms with Crippen LogP contribution in [0.2, 0.25) is 0 Å². The van der Waals surface area contributed by atoms with Crippen LogP contribution in [0, 0.1) is 18.3 Å². The second kappa shape index (κ2) is 7.25. The number of hydrogen-bond donors (Lipinski definition) is 1.